The standard InChI is InChI=1S/C24H24ClN3O3/c1-17(2)16-31-21-6-3-5-19(13-21)14-26-27-23(29)22-7-4-12-28(24(22)30)15-18-8-10-20(25)11-9-18/h3-14,17H,15-16H2,1-2H3,(H,27,29)/b26-14-. The molecule has 1 amide bonds. The van der Waals surface area contributed by atoms with Crippen LogP contribution in [0.1, 0.15) is 35.3 Å². The van der Waals surface area contributed by atoms with E-state index >= 15 is 0 Å². The van der Waals surface area contributed by atoms with Crippen LogP contribution in [0, 0.1) is 5.92 Å². The summed E-state index contributed by atoms with van der Waals surface area (Å²) >= 11 is 5.90. The largest absolute Gasteiger partial charge is 0.493 e. The third-order valence-corrected chi connectivity index (χ3v) is 4.60. The first-order chi connectivity index (χ1) is 14.9. The molecule has 160 valence electrons. The third kappa shape index (κ3) is 6.55. The molecule has 3 aromatic rings. The van der Waals surface area contributed by atoms with E-state index in [0.29, 0.717) is 24.1 Å². The molecule has 6 nitrogen and oxygen atoms in total. The van der Waals surface area contributed by atoms with E-state index in [9.17, 15) is 9.59 Å². The number of benzene rings is 2. The number of hydrogen-bond acceptors (Lipinski definition) is 4. The molecule has 0 spiro atoms. The number of carbonyl (C=O) groups is 1. The number of nitrogens with one attached hydrogen (secondary N) is 1. The molecule has 0 bridgehead atoms. The molecule has 0 atom stereocenters. The minimum atomic E-state index is -0.570. The molecule has 0 fully saturated rings. The Kier molecular flexibility index (Phi) is 7.62. The van der Waals surface area contributed by atoms with Crippen LogP contribution in [-0.2, 0) is 6.54 Å². The third-order valence-electron chi connectivity index (χ3n) is 4.35. The van der Waals surface area contributed by atoms with Crippen LogP contribution in [-0.4, -0.2) is 23.3 Å². The van der Waals surface area contributed by atoms with Gasteiger partial charge in [-0.05, 0) is 53.4 Å². The Morgan fingerprint density at radius 2 is 1.94 bits per heavy atom. The average molecular weight is 438 g/mol. The highest BCUT2D eigenvalue weighted by molar-refractivity contribution is 6.30. The summed E-state index contributed by atoms with van der Waals surface area (Å²) in [6.45, 7) is 5.11. The number of hydrogen-bond donors (Lipinski definition) is 1. The molecule has 0 saturated heterocycles. The number of aromatic nitrogens is 1. The van der Waals surface area contributed by atoms with Crippen molar-refractivity contribution in [3.8, 4) is 5.75 Å². The second-order valence-corrected chi connectivity index (χ2v) is 7.89. The van der Waals surface area contributed by atoms with E-state index in [1.54, 1.807) is 24.4 Å². The molecule has 1 aromatic heterocycles. The van der Waals surface area contributed by atoms with Crippen LogP contribution in [0.3, 0.4) is 0 Å². The minimum absolute atomic E-state index is 0.0163. The summed E-state index contributed by atoms with van der Waals surface area (Å²) in [5.41, 5.74) is 3.71. The van der Waals surface area contributed by atoms with Crippen LogP contribution in [0.5, 0.6) is 5.75 Å². The van der Waals surface area contributed by atoms with Gasteiger partial charge >= 0.3 is 0 Å². The summed E-state index contributed by atoms with van der Waals surface area (Å²) in [7, 11) is 0. The van der Waals surface area contributed by atoms with Gasteiger partial charge in [-0.15, -0.1) is 0 Å². The number of pyridine rings is 1. The van der Waals surface area contributed by atoms with Gasteiger partial charge in [0.25, 0.3) is 11.5 Å². The van der Waals surface area contributed by atoms with Crippen molar-refractivity contribution in [3.05, 3.63) is 98.9 Å². The van der Waals surface area contributed by atoms with Gasteiger partial charge < -0.3 is 9.30 Å². The fourth-order valence-electron chi connectivity index (χ4n) is 2.79. The molecule has 0 aliphatic carbocycles. The molecule has 1 N–H and O–H groups in total. The van der Waals surface area contributed by atoms with Crippen molar-refractivity contribution < 1.29 is 9.53 Å². The quantitative estimate of drug-likeness (QED) is 0.420. The summed E-state index contributed by atoms with van der Waals surface area (Å²) in [4.78, 5) is 25.2. The molecule has 1 heterocycles. The van der Waals surface area contributed by atoms with Crippen LogP contribution in [0.25, 0.3) is 0 Å². The lowest BCUT2D eigenvalue weighted by atomic mass is 10.2. The average Bonchev–Trinajstić information content (AvgIpc) is 2.75. The number of amides is 1. The molecule has 3 rings (SSSR count). The first-order valence-electron chi connectivity index (χ1n) is 9.92. The monoisotopic (exact) mass is 437 g/mol. The maximum Gasteiger partial charge on any atom is 0.276 e. The lowest BCUT2D eigenvalue weighted by Crippen LogP contribution is -2.30. The summed E-state index contributed by atoms with van der Waals surface area (Å²) in [6, 6.07) is 17.7. The van der Waals surface area contributed by atoms with Gasteiger partial charge in [-0.25, -0.2) is 5.43 Å². The summed E-state index contributed by atoms with van der Waals surface area (Å²) < 4.78 is 7.16. The molecule has 0 saturated carbocycles. The predicted molar refractivity (Wildman–Crippen MR) is 123 cm³/mol. The zero-order valence-electron chi connectivity index (χ0n) is 17.4. The Balaban J connectivity index is 1.66. The molecular formula is C24H24ClN3O3. The fraction of sp³-hybridized carbons (Fsp3) is 0.208. The van der Waals surface area contributed by atoms with E-state index in [1.165, 1.54) is 16.8 Å². The zero-order valence-corrected chi connectivity index (χ0v) is 18.2. The van der Waals surface area contributed by atoms with Gasteiger partial charge in [-0.3, -0.25) is 9.59 Å². The topological polar surface area (TPSA) is 72.7 Å². The van der Waals surface area contributed by atoms with Crippen LogP contribution in [0.15, 0.2) is 76.8 Å². The van der Waals surface area contributed by atoms with Gasteiger partial charge in [-0.2, -0.15) is 5.10 Å². The van der Waals surface area contributed by atoms with Crippen molar-refractivity contribution in [3.63, 3.8) is 0 Å². The highest BCUT2D eigenvalue weighted by atomic mass is 35.5. The Labute approximate surface area is 186 Å². The lowest BCUT2D eigenvalue weighted by molar-refractivity contribution is 0.0953. The van der Waals surface area contributed by atoms with Crippen LogP contribution in [0.2, 0.25) is 5.02 Å². The lowest BCUT2D eigenvalue weighted by Gasteiger charge is -2.09. The van der Waals surface area contributed by atoms with E-state index in [4.69, 9.17) is 16.3 Å². The minimum Gasteiger partial charge on any atom is -0.493 e. The highest BCUT2D eigenvalue weighted by Gasteiger charge is 2.11. The first-order valence-corrected chi connectivity index (χ1v) is 10.3. The molecule has 0 aliphatic rings. The van der Waals surface area contributed by atoms with Gasteiger partial charge in [0, 0.05) is 11.2 Å². The van der Waals surface area contributed by atoms with E-state index in [-0.39, 0.29) is 5.56 Å². The maximum absolute atomic E-state index is 12.7. The molecule has 0 aliphatic heterocycles. The Morgan fingerprint density at radius 1 is 1.16 bits per heavy atom. The number of carbonyl (C=O) groups excluding carboxylic acids is 1. The second kappa shape index (κ2) is 10.6. The SMILES string of the molecule is CC(C)COc1cccc(/C=N\NC(=O)c2cccn(Cc3ccc(Cl)cc3)c2=O)c1. The number of nitrogens with zero attached hydrogens (tertiary/aromatic N) is 2. The van der Waals surface area contributed by atoms with Gasteiger partial charge in [0.2, 0.25) is 0 Å². The van der Waals surface area contributed by atoms with E-state index in [2.05, 4.69) is 24.4 Å². The van der Waals surface area contributed by atoms with Gasteiger partial charge in [-0.1, -0.05) is 49.7 Å². The van der Waals surface area contributed by atoms with Crippen molar-refractivity contribution in [1.82, 2.24) is 9.99 Å². The Bertz CT molecular complexity index is 1120. The molecule has 31 heavy (non-hydrogen) atoms. The second-order valence-electron chi connectivity index (χ2n) is 7.46. The number of hydrazone groups is 1. The fourth-order valence-corrected chi connectivity index (χ4v) is 2.92. The molecule has 2 aromatic carbocycles. The summed E-state index contributed by atoms with van der Waals surface area (Å²) in [5.74, 6) is 0.585. The number of rotatable bonds is 8. The van der Waals surface area contributed by atoms with Crippen molar-refractivity contribution in [2.24, 2.45) is 11.0 Å². The summed E-state index contributed by atoms with van der Waals surface area (Å²) in [5, 5.41) is 4.60. The van der Waals surface area contributed by atoms with Gasteiger partial charge in [0.1, 0.15) is 11.3 Å². The van der Waals surface area contributed by atoms with Crippen molar-refractivity contribution in [2.75, 3.05) is 6.61 Å². The maximum atomic E-state index is 12.7. The van der Waals surface area contributed by atoms with Gasteiger partial charge in [0.05, 0.1) is 19.4 Å². The van der Waals surface area contributed by atoms with E-state index < -0.39 is 11.5 Å². The van der Waals surface area contributed by atoms with Crippen molar-refractivity contribution in [1.29, 1.82) is 0 Å². The van der Waals surface area contributed by atoms with E-state index in [1.807, 2.05) is 36.4 Å². The highest BCUT2D eigenvalue weighted by Crippen LogP contribution is 2.13. The normalized spacial score (nSPS) is 11.1. The predicted octanol–water partition coefficient (Wildman–Crippen LogP) is 4.35. The first kappa shape index (κ1) is 22.3. The Hall–Kier alpha value is -3.38. The zero-order chi connectivity index (χ0) is 22.2. The molecule has 7 heteroatoms. The smallest absolute Gasteiger partial charge is 0.276 e. The van der Waals surface area contributed by atoms with Crippen LogP contribution in [0.4, 0.5) is 0 Å². The number of halogens is 1. The van der Waals surface area contributed by atoms with Crippen molar-refractivity contribution >= 4 is 23.7 Å². The molecule has 0 radical (unpaired) electrons. The van der Waals surface area contributed by atoms with Crippen LogP contribution >= 0.6 is 11.6 Å². The van der Waals surface area contributed by atoms with E-state index in [0.717, 1.165) is 16.9 Å². The van der Waals surface area contributed by atoms with Crippen LogP contribution < -0.4 is 15.7 Å². The number of ether oxygens (including phenoxy) is 1. The summed E-state index contributed by atoms with van der Waals surface area (Å²) in [6.07, 6.45) is 3.15. The van der Waals surface area contributed by atoms with Crippen molar-refractivity contribution in [2.45, 2.75) is 20.4 Å². The molecule has 0 unspecified atom stereocenters. The molecular weight excluding hydrogens is 414 g/mol. The Morgan fingerprint density at radius 3 is 2.68 bits per heavy atom. The van der Waals surface area contributed by atoms with Gasteiger partial charge in [0.15, 0.2) is 0 Å².